The summed E-state index contributed by atoms with van der Waals surface area (Å²) in [4.78, 5) is 10.7. The number of aliphatic hydroxyl groups is 1. The van der Waals surface area contributed by atoms with Crippen LogP contribution in [-0.4, -0.2) is 35.4 Å². The molecule has 1 atom stereocenters. The highest BCUT2D eigenvalue weighted by Crippen LogP contribution is 2.12. The highest BCUT2D eigenvalue weighted by Gasteiger charge is 2.13. The standard InChI is InChI=1S/C19H39NO3/c1-2-3-4-5-6-7-8-9-10-11-12-13-14-15-16-20-18(17-21)19(22)23/h18,20-21H,2-17H2,1H3,(H,22,23)/t18-/m0/s1. The van der Waals surface area contributed by atoms with E-state index in [1.54, 1.807) is 0 Å². The van der Waals surface area contributed by atoms with Crippen molar-refractivity contribution < 1.29 is 15.0 Å². The third-order valence-electron chi connectivity index (χ3n) is 4.40. The topological polar surface area (TPSA) is 69.6 Å². The summed E-state index contributed by atoms with van der Waals surface area (Å²) >= 11 is 0. The summed E-state index contributed by atoms with van der Waals surface area (Å²) in [5.74, 6) is -0.974. The maximum Gasteiger partial charge on any atom is 0.323 e. The van der Waals surface area contributed by atoms with Crippen LogP contribution in [0, 0.1) is 0 Å². The summed E-state index contributed by atoms with van der Waals surface area (Å²) in [7, 11) is 0. The van der Waals surface area contributed by atoms with Gasteiger partial charge in [0.1, 0.15) is 6.04 Å². The Morgan fingerprint density at radius 1 is 0.783 bits per heavy atom. The fraction of sp³-hybridized carbons (Fsp3) is 0.947. The first kappa shape index (κ1) is 22.4. The average Bonchev–Trinajstić information content (AvgIpc) is 2.54. The third-order valence-corrected chi connectivity index (χ3v) is 4.40. The number of nitrogens with one attached hydrogen (secondary N) is 1. The second-order valence-corrected chi connectivity index (χ2v) is 6.62. The first-order valence-electron chi connectivity index (χ1n) is 9.79. The largest absolute Gasteiger partial charge is 0.480 e. The zero-order chi connectivity index (χ0) is 17.2. The SMILES string of the molecule is CCCCCCCCCCCCCCCCN[C@@H](CO)C(=O)O. The molecular weight excluding hydrogens is 290 g/mol. The van der Waals surface area contributed by atoms with Gasteiger partial charge in [-0.1, -0.05) is 90.4 Å². The minimum absolute atomic E-state index is 0.339. The van der Waals surface area contributed by atoms with E-state index in [1.165, 1.54) is 77.0 Å². The van der Waals surface area contributed by atoms with Crippen LogP contribution in [0.4, 0.5) is 0 Å². The molecule has 0 aromatic heterocycles. The number of aliphatic hydroxyl groups excluding tert-OH is 1. The summed E-state index contributed by atoms with van der Waals surface area (Å²) in [5.41, 5.74) is 0. The van der Waals surface area contributed by atoms with Crippen molar-refractivity contribution in [3.63, 3.8) is 0 Å². The number of rotatable bonds is 18. The summed E-state index contributed by atoms with van der Waals surface area (Å²) in [6, 6.07) is -0.808. The molecule has 138 valence electrons. The molecule has 0 aliphatic heterocycles. The van der Waals surface area contributed by atoms with Gasteiger partial charge in [0.25, 0.3) is 0 Å². The van der Waals surface area contributed by atoms with E-state index in [0.717, 1.165) is 12.8 Å². The lowest BCUT2D eigenvalue weighted by molar-refractivity contribution is -0.140. The van der Waals surface area contributed by atoms with Crippen molar-refractivity contribution >= 4 is 5.97 Å². The monoisotopic (exact) mass is 329 g/mol. The molecule has 0 aromatic carbocycles. The van der Waals surface area contributed by atoms with Gasteiger partial charge in [-0.15, -0.1) is 0 Å². The highest BCUT2D eigenvalue weighted by atomic mass is 16.4. The molecule has 0 heterocycles. The van der Waals surface area contributed by atoms with E-state index in [1.807, 2.05) is 0 Å². The second kappa shape index (κ2) is 17.7. The number of carboxylic acids is 1. The van der Waals surface area contributed by atoms with Crippen molar-refractivity contribution in [2.75, 3.05) is 13.2 Å². The molecule has 0 unspecified atom stereocenters. The lowest BCUT2D eigenvalue weighted by Crippen LogP contribution is -2.40. The van der Waals surface area contributed by atoms with Crippen molar-refractivity contribution in [3.8, 4) is 0 Å². The molecule has 0 saturated heterocycles. The van der Waals surface area contributed by atoms with E-state index in [0.29, 0.717) is 6.54 Å². The van der Waals surface area contributed by atoms with Crippen LogP contribution in [0.25, 0.3) is 0 Å². The number of carboxylic acid groups (broad SMARTS) is 1. The maximum absolute atomic E-state index is 10.7. The van der Waals surface area contributed by atoms with Crippen LogP contribution in [0.1, 0.15) is 96.8 Å². The molecular formula is C19H39NO3. The van der Waals surface area contributed by atoms with Crippen LogP contribution in [0.2, 0.25) is 0 Å². The van der Waals surface area contributed by atoms with Gasteiger partial charge in [0.05, 0.1) is 6.61 Å². The molecule has 0 spiro atoms. The number of unbranched alkanes of at least 4 members (excludes halogenated alkanes) is 13. The van der Waals surface area contributed by atoms with Crippen LogP contribution < -0.4 is 5.32 Å². The van der Waals surface area contributed by atoms with Crippen LogP contribution in [-0.2, 0) is 4.79 Å². The summed E-state index contributed by atoms with van der Waals surface area (Å²) < 4.78 is 0. The maximum atomic E-state index is 10.7. The number of hydrogen-bond acceptors (Lipinski definition) is 3. The quantitative estimate of drug-likeness (QED) is 0.324. The molecule has 4 heteroatoms. The minimum Gasteiger partial charge on any atom is -0.480 e. The molecule has 0 aliphatic carbocycles. The van der Waals surface area contributed by atoms with E-state index < -0.39 is 12.0 Å². The fourth-order valence-electron chi connectivity index (χ4n) is 2.83. The average molecular weight is 330 g/mol. The zero-order valence-electron chi connectivity index (χ0n) is 15.2. The molecule has 3 N–H and O–H groups in total. The molecule has 0 radical (unpaired) electrons. The van der Waals surface area contributed by atoms with Gasteiger partial charge in [0.15, 0.2) is 0 Å². The molecule has 0 rings (SSSR count). The van der Waals surface area contributed by atoms with Gasteiger partial charge in [0, 0.05) is 0 Å². The predicted molar refractivity (Wildman–Crippen MR) is 96.8 cm³/mol. The van der Waals surface area contributed by atoms with Crippen molar-refractivity contribution in [1.82, 2.24) is 5.32 Å². The lowest BCUT2D eigenvalue weighted by Gasteiger charge is -2.10. The molecule has 0 aliphatic rings. The Balaban J connectivity index is 3.12. The van der Waals surface area contributed by atoms with E-state index in [9.17, 15) is 4.79 Å². The minimum atomic E-state index is -0.974. The lowest BCUT2D eigenvalue weighted by atomic mass is 10.0. The summed E-state index contributed by atoms with van der Waals surface area (Å²) in [6.45, 7) is 2.60. The zero-order valence-corrected chi connectivity index (χ0v) is 15.2. The van der Waals surface area contributed by atoms with Gasteiger partial charge >= 0.3 is 5.97 Å². The molecule has 4 nitrogen and oxygen atoms in total. The first-order valence-corrected chi connectivity index (χ1v) is 9.79. The number of aliphatic carboxylic acids is 1. The molecule has 0 amide bonds. The van der Waals surface area contributed by atoms with Crippen molar-refractivity contribution in [2.45, 2.75) is 103 Å². The fourth-order valence-corrected chi connectivity index (χ4v) is 2.83. The molecule has 23 heavy (non-hydrogen) atoms. The van der Waals surface area contributed by atoms with Gasteiger partial charge in [-0.25, -0.2) is 0 Å². The summed E-state index contributed by atoms with van der Waals surface area (Å²) in [6.07, 6.45) is 18.5. The van der Waals surface area contributed by atoms with Crippen molar-refractivity contribution in [1.29, 1.82) is 0 Å². The smallest absolute Gasteiger partial charge is 0.323 e. The van der Waals surface area contributed by atoms with Crippen LogP contribution in [0.3, 0.4) is 0 Å². The molecule has 0 fully saturated rings. The first-order chi connectivity index (χ1) is 11.2. The third kappa shape index (κ3) is 16.0. The Morgan fingerprint density at radius 2 is 1.17 bits per heavy atom. The Hall–Kier alpha value is -0.610. The highest BCUT2D eigenvalue weighted by molar-refractivity contribution is 5.73. The van der Waals surface area contributed by atoms with Gasteiger partial charge in [0.2, 0.25) is 0 Å². The number of carbonyl (C=O) groups is 1. The van der Waals surface area contributed by atoms with E-state index in [2.05, 4.69) is 12.2 Å². The summed E-state index contributed by atoms with van der Waals surface area (Å²) in [5, 5.41) is 20.5. The number of hydrogen-bond donors (Lipinski definition) is 3. The Bertz CT molecular complexity index is 259. The molecule has 0 bridgehead atoms. The van der Waals surface area contributed by atoms with Gasteiger partial charge in [-0.05, 0) is 13.0 Å². The normalized spacial score (nSPS) is 12.4. The van der Waals surface area contributed by atoms with Crippen LogP contribution in [0.5, 0.6) is 0 Å². The van der Waals surface area contributed by atoms with Gasteiger partial charge in [-0.3, -0.25) is 4.79 Å². The van der Waals surface area contributed by atoms with E-state index in [4.69, 9.17) is 10.2 Å². The molecule has 0 saturated carbocycles. The van der Waals surface area contributed by atoms with E-state index in [-0.39, 0.29) is 6.61 Å². The van der Waals surface area contributed by atoms with Gasteiger partial charge < -0.3 is 15.5 Å². The Morgan fingerprint density at radius 3 is 1.52 bits per heavy atom. The Kier molecular flexibility index (Phi) is 17.3. The molecule has 0 aromatic rings. The van der Waals surface area contributed by atoms with Crippen LogP contribution >= 0.6 is 0 Å². The van der Waals surface area contributed by atoms with E-state index >= 15 is 0 Å². The predicted octanol–water partition coefficient (Wildman–Crippen LogP) is 4.50. The van der Waals surface area contributed by atoms with Crippen molar-refractivity contribution in [3.05, 3.63) is 0 Å². The van der Waals surface area contributed by atoms with Crippen LogP contribution in [0.15, 0.2) is 0 Å². The Labute approximate surface area is 143 Å². The van der Waals surface area contributed by atoms with Gasteiger partial charge in [-0.2, -0.15) is 0 Å². The van der Waals surface area contributed by atoms with Crippen molar-refractivity contribution in [2.24, 2.45) is 0 Å². The second-order valence-electron chi connectivity index (χ2n) is 6.62.